The van der Waals surface area contributed by atoms with Crippen LogP contribution in [0.4, 0.5) is 0 Å². The Hall–Kier alpha value is -1.34. The molecular formula is C13H14ClN. The Balaban J connectivity index is 0.000000151. The van der Waals surface area contributed by atoms with E-state index >= 15 is 0 Å². The van der Waals surface area contributed by atoms with Crippen LogP contribution < -0.4 is 0 Å². The molecule has 0 amide bonds. The molecule has 78 valence electrons. The molecule has 15 heavy (non-hydrogen) atoms. The number of aromatic nitrogens is 1. The molecular weight excluding hydrogens is 206 g/mol. The van der Waals surface area contributed by atoms with Crippen LogP contribution in [0, 0.1) is 6.92 Å². The molecule has 1 heterocycles. The molecule has 0 aliphatic carbocycles. The zero-order valence-electron chi connectivity index (χ0n) is 8.73. The maximum absolute atomic E-state index is 5.53. The predicted octanol–water partition coefficient (Wildman–Crippen LogP) is 3.82. The van der Waals surface area contributed by atoms with E-state index in [2.05, 4.69) is 4.98 Å². The van der Waals surface area contributed by atoms with E-state index in [-0.39, 0.29) is 0 Å². The summed E-state index contributed by atoms with van der Waals surface area (Å²) in [6, 6.07) is 15.8. The number of benzene rings is 1. The molecule has 0 fully saturated rings. The Morgan fingerprint density at radius 1 is 1.00 bits per heavy atom. The van der Waals surface area contributed by atoms with Gasteiger partial charge in [-0.3, -0.25) is 4.98 Å². The van der Waals surface area contributed by atoms with E-state index in [0.29, 0.717) is 5.88 Å². The summed E-state index contributed by atoms with van der Waals surface area (Å²) < 4.78 is 0. The molecule has 0 N–H and O–H groups in total. The van der Waals surface area contributed by atoms with Gasteiger partial charge in [0.15, 0.2) is 0 Å². The van der Waals surface area contributed by atoms with Crippen molar-refractivity contribution >= 4 is 11.6 Å². The average Bonchev–Trinajstić information content (AvgIpc) is 2.32. The molecule has 0 saturated heterocycles. The highest BCUT2D eigenvalue weighted by molar-refractivity contribution is 6.17. The number of alkyl halides is 1. The molecule has 0 bridgehead atoms. The van der Waals surface area contributed by atoms with Crippen LogP contribution in [0.15, 0.2) is 54.7 Å². The Morgan fingerprint density at radius 2 is 1.67 bits per heavy atom. The Labute approximate surface area is 95.7 Å². The highest BCUT2D eigenvalue weighted by Crippen LogP contribution is 2.00. The van der Waals surface area contributed by atoms with Crippen molar-refractivity contribution in [1.29, 1.82) is 0 Å². The van der Waals surface area contributed by atoms with Crippen LogP contribution in [0.25, 0.3) is 0 Å². The molecule has 0 radical (unpaired) electrons. The summed E-state index contributed by atoms with van der Waals surface area (Å²) in [5, 5.41) is 0. The van der Waals surface area contributed by atoms with E-state index in [4.69, 9.17) is 11.6 Å². The first-order valence-corrected chi connectivity index (χ1v) is 5.34. The molecule has 2 rings (SSSR count). The fraction of sp³-hybridized carbons (Fsp3) is 0.154. The largest absolute Gasteiger partial charge is 0.262 e. The Bertz CT molecular complexity index is 359. The second-order valence-corrected chi connectivity index (χ2v) is 3.36. The fourth-order valence-corrected chi connectivity index (χ4v) is 1.19. The van der Waals surface area contributed by atoms with Crippen LogP contribution in [0.3, 0.4) is 0 Å². The van der Waals surface area contributed by atoms with Crippen LogP contribution in [-0.4, -0.2) is 4.98 Å². The Morgan fingerprint density at radius 3 is 2.00 bits per heavy atom. The third kappa shape index (κ3) is 5.18. The minimum absolute atomic E-state index is 0.612. The third-order valence-corrected chi connectivity index (χ3v) is 2.12. The van der Waals surface area contributed by atoms with Gasteiger partial charge in [0.25, 0.3) is 0 Å². The van der Waals surface area contributed by atoms with Gasteiger partial charge in [0, 0.05) is 17.8 Å². The highest BCUT2D eigenvalue weighted by Gasteiger charge is 1.81. The molecule has 1 aromatic carbocycles. The minimum Gasteiger partial charge on any atom is -0.262 e. The fourth-order valence-electron chi connectivity index (χ4n) is 1.02. The lowest BCUT2D eigenvalue weighted by Crippen LogP contribution is -1.72. The van der Waals surface area contributed by atoms with Gasteiger partial charge in [-0.2, -0.15) is 0 Å². The summed E-state index contributed by atoms with van der Waals surface area (Å²) >= 11 is 5.53. The van der Waals surface area contributed by atoms with Gasteiger partial charge in [-0.05, 0) is 24.6 Å². The summed E-state index contributed by atoms with van der Waals surface area (Å²) in [6.45, 7) is 1.97. The van der Waals surface area contributed by atoms with Crippen molar-refractivity contribution in [3.8, 4) is 0 Å². The van der Waals surface area contributed by atoms with Crippen molar-refractivity contribution in [2.45, 2.75) is 12.8 Å². The van der Waals surface area contributed by atoms with Crippen LogP contribution in [0.2, 0.25) is 0 Å². The number of hydrogen-bond acceptors (Lipinski definition) is 1. The maximum atomic E-state index is 5.53. The van der Waals surface area contributed by atoms with Crippen molar-refractivity contribution in [3.05, 3.63) is 66.0 Å². The van der Waals surface area contributed by atoms with Crippen LogP contribution in [-0.2, 0) is 5.88 Å². The van der Waals surface area contributed by atoms with Gasteiger partial charge in [-0.1, -0.05) is 36.4 Å². The molecule has 0 spiro atoms. The topological polar surface area (TPSA) is 12.9 Å². The van der Waals surface area contributed by atoms with Gasteiger partial charge in [-0.15, -0.1) is 11.6 Å². The molecule has 2 heteroatoms. The second-order valence-electron chi connectivity index (χ2n) is 3.09. The summed E-state index contributed by atoms with van der Waals surface area (Å²) in [6.07, 6.45) is 1.79. The number of pyridine rings is 1. The van der Waals surface area contributed by atoms with Crippen molar-refractivity contribution in [1.82, 2.24) is 4.98 Å². The first kappa shape index (κ1) is 11.7. The number of hydrogen-bond donors (Lipinski definition) is 0. The molecule has 1 aromatic heterocycles. The van der Waals surface area contributed by atoms with Crippen molar-refractivity contribution in [3.63, 3.8) is 0 Å². The monoisotopic (exact) mass is 219 g/mol. The van der Waals surface area contributed by atoms with Crippen molar-refractivity contribution < 1.29 is 0 Å². The van der Waals surface area contributed by atoms with E-state index in [9.17, 15) is 0 Å². The lowest BCUT2D eigenvalue weighted by molar-refractivity contribution is 1.20. The molecule has 0 saturated carbocycles. The molecule has 0 unspecified atom stereocenters. The first-order chi connectivity index (χ1) is 7.33. The van der Waals surface area contributed by atoms with Gasteiger partial charge in [0.2, 0.25) is 0 Å². The number of halogens is 1. The summed E-state index contributed by atoms with van der Waals surface area (Å²) in [5.41, 5.74) is 2.25. The SMILES string of the molecule is Cc1ccccn1.ClCc1ccccc1. The van der Waals surface area contributed by atoms with E-state index in [0.717, 1.165) is 5.69 Å². The minimum atomic E-state index is 0.612. The van der Waals surface area contributed by atoms with E-state index in [1.54, 1.807) is 6.20 Å². The van der Waals surface area contributed by atoms with Gasteiger partial charge in [0.1, 0.15) is 0 Å². The number of nitrogens with zero attached hydrogens (tertiary/aromatic N) is 1. The molecule has 2 aromatic rings. The maximum Gasteiger partial charge on any atom is 0.0474 e. The standard InChI is InChI=1S/C7H7Cl.C6H7N/c8-6-7-4-2-1-3-5-7;1-6-4-2-3-5-7-6/h1-5H,6H2;2-5H,1H3. The Kier molecular flexibility index (Phi) is 5.49. The van der Waals surface area contributed by atoms with Crippen molar-refractivity contribution in [2.24, 2.45) is 0 Å². The van der Waals surface area contributed by atoms with Gasteiger partial charge >= 0.3 is 0 Å². The molecule has 0 aliphatic rings. The van der Waals surface area contributed by atoms with Gasteiger partial charge in [-0.25, -0.2) is 0 Å². The van der Waals surface area contributed by atoms with E-state index in [1.165, 1.54) is 5.56 Å². The molecule has 0 atom stereocenters. The average molecular weight is 220 g/mol. The second kappa shape index (κ2) is 7.02. The van der Waals surface area contributed by atoms with Crippen LogP contribution in [0.1, 0.15) is 11.3 Å². The van der Waals surface area contributed by atoms with E-state index in [1.807, 2.05) is 55.5 Å². The van der Waals surface area contributed by atoms with Crippen LogP contribution in [0.5, 0.6) is 0 Å². The lowest BCUT2D eigenvalue weighted by Gasteiger charge is -1.88. The highest BCUT2D eigenvalue weighted by atomic mass is 35.5. The molecule has 0 aliphatic heterocycles. The van der Waals surface area contributed by atoms with Gasteiger partial charge < -0.3 is 0 Å². The van der Waals surface area contributed by atoms with E-state index < -0.39 is 0 Å². The predicted molar refractivity (Wildman–Crippen MR) is 65.0 cm³/mol. The summed E-state index contributed by atoms with van der Waals surface area (Å²) in [5.74, 6) is 0.612. The number of rotatable bonds is 1. The number of aryl methyl sites for hydroxylation is 1. The normalized spacial score (nSPS) is 8.93. The quantitative estimate of drug-likeness (QED) is 0.665. The summed E-state index contributed by atoms with van der Waals surface area (Å²) in [7, 11) is 0. The van der Waals surface area contributed by atoms with Crippen molar-refractivity contribution in [2.75, 3.05) is 0 Å². The lowest BCUT2D eigenvalue weighted by atomic mass is 10.2. The van der Waals surface area contributed by atoms with Gasteiger partial charge in [0.05, 0.1) is 0 Å². The zero-order valence-corrected chi connectivity index (χ0v) is 9.48. The molecule has 1 nitrogen and oxygen atoms in total. The van der Waals surface area contributed by atoms with Crippen LogP contribution >= 0.6 is 11.6 Å². The first-order valence-electron chi connectivity index (χ1n) is 4.80. The smallest absolute Gasteiger partial charge is 0.0474 e. The zero-order chi connectivity index (χ0) is 10.9. The summed E-state index contributed by atoms with van der Waals surface area (Å²) in [4.78, 5) is 3.98. The third-order valence-electron chi connectivity index (χ3n) is 1.81.